The summed E-state index contributed by atoms with van der Waals surface area (Å²) in [5, 5.41) is 4.61. The number of halogens is 1. The first-order valence-corrected chi connectivity index (χ1v) is 7.41. The molecule has 1 amide bonds. The van der Waals surface area contributed by atoms with Crippen LogP contribution in [0.25, 0.3) is 22.4 Å². The lowest BCUT2D eigenvalue weighted by atomic mass is 10.1. The molecular weight excluding hydrogens is 301 g/mol. The van der Waals surface area contributed by atoms with Crippen molar-refractivity contribution < 1.29 is 18.1 Å². The molecule has 2 aromatic heterocycles. The highest BCUT2D eigenvalue weighted by Gasteiger charge is 2.32. The lowest BCUT2D eigenvalue weighted by Crippen LogP contribution is -2.28. The molecule has 1 saturated heterocycles. The maximum atomic E-state index is 13.8. The van der Waals surface area contributed by atoms with Crippen LogP contribution in [0.5, 0.6) is 0 Å². The molecule has 3 heterocycles. The van der Waals surface area contributed by atoms with E-state index in [1.807, 2.05) is 0 Å². The standard InChI is InChI=1S/C16H14FN3O3/c1-9(21)20-5-2-3-13(20)15-18-16(23-19-15)12-8-11(17)7-10-4-6-22-14(10)12/h4,6-8,13H,2-3,5H2,1H3. The van der Waals surface area contributed by atoms with Gasteiger partial charge in [0.2, 0.25) is 5.91 Å². The number of carbonyl (C=O) groups is 1. The lowest BCUT2D eigenvalue weighted by molar-refractivity contribution is -0.129. The number of aromatic nitrogens is 2. The molecule has 1 unspecified atom stereocenters. The fourth-order valence-electron chi connectivity index (χ4n) is 3.10. The van der Waals surface area contributed by atoms with Gasteiger partial charge in [0.1, 0.15) is 11.4 Å². The smallest absolute Gasteiger partial charge is 0.261 e. The first-order chi connectivity index (χ1) is 11.1. The summed E-state index contributed by atoms with van der Waals surface area (Å²) in [5.74, 6) is 0.212. The SMILES string of the molecule is CC(=O)N1CCCC1c1noc(-c2cc(F)cc3ccoc23)n1. The number of likely N-dealkylation sites (tertiary alicyclic amines) is 1. The van der Waals surface area contributed by atoms with E-state index in [9.17, 15) is 9.18 Å². The van der Waals surface area contributed by atoms with Gasteiger partial charge in [-0.25, -0.2) is 4.39 Å². The van der Waals surface area contributed by atoms with Gasteiger partial charge < -0.3 is 13.8 Å². The molecule has 0 saturated carbocycles. The average Bonchev–Trinajstić information content (AvgIpc) is 3.25. The largest absolute Gasteiger partial charge is 0.464 e. The molecule has 0 radical (unpaired) electrons. The number of nitrogens with zero attached hydrogens (tertiary/aromatic N) is 3. The number of amides is 1. The lowest BCUT2D eigenvalue weighted by Gasteiger charge is -2.19. The monoisotopic (exact) mass is 315 g/mol. The van der Waals surface area contributed by atoms with Crippen LogP contribution in [0.1, 0.15) is 31.6 Å². The molecule has 1 aliphatic heterocycles. The molecule has 0 spiro atoms. The van der Waals surface area contributed by atoms with E-state index in [1.165, 1.54) is 25.3 Å². The second kappa shape index (κ2) is 5.19. The minimum absolute atomic E-state index is 0.0157. The van der Waals surface area contributed by atoms with Gasteiger partial charge in [-0.3, -0.25) is 4.79 Å². The highest BCUT2D eigenvalue weighted by Crippen LogP contribution is 2.33. The first-order valence-electron chi connectivity index (χ1n) is 7.41. The average molecular weight is 315 g/mol. The molecule has 0 N–H and O–H groups in total. The van der Waals surface area contributed by atoms with Crippen molar-refractivity contribution in [3.05, 3.63) is 36.1 Å². The summed E-state index contributed by atoms with van der Waals surface area (Å²) in [6, 6.07) is 4.17. The first kappa shape index (κ1) is 13.9. The molecule has 1 aliphatic rings. The van der Waals surface area contributed by atoms with Crippen LogP contribution < -0.4 is 0 Å². The zero-order chi connectivity index (χ0) is 16.0. The summed E-state index contributed by atoms with van der Waals surface area (Å²) < 4.78 is 24.4. The molecule has 0 aliphatic carbocycles. The highest BCUT2D eigenvalue weighted by atomic mass is 19.1. The van der Waals surface area contributed by atoms with Crippen molar-refractivity contribution in [1.82, 2.24) is 15.0 Å². The Morgan fingerprint density at radius 3 is 3.13 bits per heavy atom. The van der Waals surface area contributed by atoms with Gasteiger partial charge in [-0.1, -0.05) is 5.16 Å². The third-order valence-corrected chi connectivity index (χ3v) is 4.14. The minimum Gasteiger partial charge on any atom is -0.464 e. The van der Waals surface area contributed by atoms with Gasteiger partial charge in [-0.05, 0) is 31.0 Å². The third-order valence-electron chi connectivity index (χ3n) is 4.14. The molecule has 23 heavy (non-hydrogen) atoms. The van der Waals surface area contributed by atoms with Gasteiger partial charge in [0.25, 0.3) is 5.89 Å². The Morgan fingerprint density at radius 1 is 1.43 bits per heavy atom. The second-order valence-electron chi connectivity index (χ2n) is 5.62. The minimum atomic E-state index is -0.403. The normalized spacial score (nSPS) is 18.0. The molecule has 4 rings (SSSR count). The van der Waals surface area contributed by atoms with Crippen LogP contribution in [0.4, 0.5) is 4.39 Å². The van der Waals surface area contributed by atoms with Crippen LogP contribution in [-0.4, -0.2) is 27.5 Å². The van der Waals surface area contributed by atoms with Crippen LogP contribution in [0, 0.1) is 5.82 Å². The maximum absolute atomic E-state index is 13.8. The number of benzene rings is 1. The summed E-state index contributed by atoms with van der Waals surface area (Å²) >= 11 is 0. The predicted molar refractivity (Wildman–Crippen MR) is 78.8 cm³/mol. The third kappa shape index (κ3) is 2.28. The van der Waals surface area contributed by atoms with Gasteiger partial charge in [-0.15, -0.1) is 0 Å². The summed E-state index contributed by atoms with van der Waals surface area (Å²) in [5.41, 5.74) is 0.910. The van der Waals surface area contributed by atoms with Crippen molar-refractivity contribution >= 4 is 16.9 Å². The van der Waals surface area contributed by atoms with Crippen molar-refractivity contribution in [3.63, 3.8) is 0 Å². The van der Waals surface area contributed by atoms with Gasteiger partial charge >= 0.3 is 0 Å². The van der Waals surface area contributed by atoms with Crippen molar-refractivity contribution in [2.75, 3.05) is 6.54 Å². The van der Waals surface area contributed by atoms with E-state index in [2.05, 4.69) is 10.1 Å². The van der Waals surface area contributed by atoms with Crippen LogP contribution in [0.2, 0.25) is 0 Å². The number of furan rings is 1. The van der Waals surface area contributed by atoms with Crippen molar-refractivity contribution in [2.45, 2.75) is 25.8 Å². The Kier molecular flexibility index (Phi) is 3.14. The fraction of sp³-hybridized carbons (Fsp3) is 0.312. The van der Waals surface area contributed by atoms with E-state index in [1.54, 1.807) is 11.0 Å². The fourth-order valence-corrected chi connectivity index (χ4v) is 3.10. The van der Waals surface area contributed by atoms with E-state index in [0.717, 1.165) is 12.8 Å². The van der Waals surface area contributed by atoms with E-state index in [0.29, 0.717) is 28.9 Å². The number of carbonyl (C=O) groups excluding carboxylic acids is 1. The maximum Gasteiger partial charge on any atom is 0.261 e. The Morgan fingerprint density at radius 2 is 2.30 bits per heavy atom. The van der Waals surface area contributed by atoms with Crippen molar-refractivity contribution in [3.8, 4) is 11.5 Å². The predicted octanol–water partition coefficient (Wildman–Crippen LogP) is 3.31. The zero-order valence-electron chi connectivity index (χ0n) is 12.5. The van der Waals surface area contributed by atoms with Gasteiger partial charge in [0.05, 0.1) is 17.9 Å². The number of rotatable bonds is 2. The van der Waals surface area contributed by atoms with Gasteiger partial charge in [0.15, 0.2) is 5.82 Å². The molecular formula is C16H14FN3O3. The molecule has 7 heteroatoms. The Bertz CT molecular complexity index is 886. The molecule has 1 aromatic carbocycles. The zero-order valence-corrected chi connectivity index (χ0v) is 12.5. The van der Waals surface area contributed by atoms with Gasteiger partial charge in [-0.2, -0.15) is 4.98 Å². The van der Waals surface area contributed by atoms with Crippen molar-refractivity contribution in [2.24, 2.45) is 0 Å². The molecule has 3 aromatic rings. The van der Waals surface area contributed by atoms with E-state index in [4.69, 9.17) is 8.94 Å². The summed E-state index contributed by atoms with van der Waals surface area (Å²) in [7, 11) is 0. The molecule has 6 nitrogen and oxygen atoms in total. The molecule has 1 fully saturated rings. The molecule has 118 valence electrons. The summed E-state index contributed by atoms with van der Waals surface area (Å²) in [6.07, 6.45) is 3.17. The van der Waals surface area contributed by atoms with Crippen LogP contribution in [0.15, 0.2) is 33.4 Å². The topological polar surface area (TPSA) is 72.4 Å². The number of hydrogen-bond acceptors (Lipinski definition) is 5. The molecule has 0 bridgehead atoms. The van der Waals surface area contributed by atoms with Crippen LogP contribution >= 0.6 is 0 Å². The Hall–Kier alpha value is -2.70. The quantitative estimate of drug-likeness (QED) is 0.725. The Labute approximate surface area is 130 Å². The van der Waals surface area contributed by atoms with E-state index >= 15 is 0 Å². The number of hydrogen-bond donors (Lipinski definition) is 0. The van der Waals surface area contributed by atoms with E-state index in [-0.39, 0.29) is 17.8 Å². The molecule has 1 atom stereocenters. The van der Waals surface area contributed by atoms with Crippen LogP contribution in [-0.2, 0) is 4.79 Å². The van der Waals surface area contributed by atoms with Crippen LogP contribution in [0.3, 0.4) is 0 Å². The Balaban J connectivity index is 1.75. The number of fused-ring (bicyclic) bond motifs is 1. The van der Waals surface area contributed by atoms with Gasteiger partial charge in [0, 0.05) is 18.9 Å². The highest BCUT2D eigenvalue weighted by molar-refractivity contribution is 5.90. The van der Waals surface area contributed by atoms with Crippen molar-refractivity contribution in [1.29, 1.82) is 0 Å². The second-order valence-corrected chi connectivity index (χ2v) is 5.62. The van der Waals surface area contributed by atoms with E-state index < -0.39 is 5.82 Å². The summed E-state index contributed by atoms with van der Waals surface area (Å²) in [6.45, 7) is 2.21. The summed E-state index contributed by atoms with van der Waals surface area (Å²) in [4.78, 5) is 17.8.